The fourth-order valence-corrected chi connectivity index (χ4v) is 2.41. The fraction of sp³-hybridized carbons (Fsp3) is 0.750. The average molecular weight is 245 g/mol. The predicted molar refractivity (Wildman–Crippen MR) is 66.8 cm³/mol. The lowest BCUT2D eigenvalue weighted by atomic mass is 9.98. The van der Waals surface area contributed by atoms with Gasteiger partial charge >= 0.3 is 0 Å². The smallest absolute Gasteiger partial charge is 0.0849 e. The van der Waals surface area contributed by atoms with Crippen LogP contribution in [0.15, 0.2) is 0 Å². The molecule has 0 aliphatic rings. The fourth-order valence-electron chi connectivity index (χ4n) is 2.04. The molecule has 0 spiro atoms. The highest BCUT2D eigenvalue weighted by Gasteiger charge is 2.16. The van der Waals surface area contributed by atoms with Crippen LogP contribution in [0.3, 0.4) is 0 Å². The summed E-state index contributed by atoms with van der Waals surface area (Å²) < 4.78 is 1.86. The summed E-state index contributed by atoms with van der Waals surface area (Å²) in [5.41, 5.74) is 2.04. The van der Waals surface area contributed by atoms with Crippen molar-refractivity contribution in [1.82, 2.24) is 9.78 Å². The number of nitrogens with zero attached hydrogens (tertiary/aromatic N) is 2. The number of rotatable bonds is 5. The van der Waals surface area contributed by atoms with Crippen molar-refractivity contribution in [2.24, 2.45) is 13.0 Å². The minimum Gasteiger partial charge on any atom is -0.393 e. The molecule has 0 saturated heterocycles. The van der Waals surface area contributed by atoms with E-state index in [0.29, 0.717) is 5.92 Å². The number of hydrogen-bond donors (Lipinski definition) is 1. The highest BCUT2D eigenvalue weighted by molar-refractivity contribution is 6.31. The van der Waals surface area contributed by atoms with Gasteiger partial charge in [0.05, 0.1) is 22.5 Å². The second kappa shape index (κ2) is 5.69. The molecule has 1 N–H and O–H groups in total. The lowest BCUT2D eigenvalue weighted by Gasteiger charge is -2.13. The van der Waals surface area contributed by atoms with Crippen molar-refractivity contribution in [1.29, 1.82) is 0 Å². The van der Waals surface area contributed by atoms with Gasteiger partial charge < -0.3 is 5.11 Å². The summed E-state index contributed by atoms with van der Waals surface area (Å²) in [6, 6.07) is 0. The minimum absolute atomic E-state index is 0.257. The highest BCUT2D eigenvalue weighted by Crippen LogP contribution is 2.24. The third kappa shape index (κ3) is 3.22. The van der Waals surface area contributed by atoms with E-state index in [4.69, 9.17) is 11.6 Å². The molecular formula is C12H21ClN2O. The van der Waals surface area contributed by atoms with Crippen LogP contribution in [0.5, 0.6) is 0 Å². The third-order valence-electron chi connectivity index (χ3n) is 2.79. The SMILES string of the molecule is CCc1nn(C)c(CC(C)CC(C)O)c1Cl. The minimum atomic E-state index is -0.257. The molecule has 0 fully saturated rings. The normalized spacial score (nSPS) is 15.1. The zero-order chi connectivity index (χ0) is 12.3. The van der Waals surface area contributed by atoms with Crippen molar-refractivity contribution in [2.75, 3.05) is 0 Å². The summed E-state index contributed by atoms with van der Waals surface area (Å²) >= 11 is 6.26. The number of aromatic nitrogens is 2. The van der Waals surface area contributed by atoms with Crippen molar-refractivity contribution in [3.8, 4) is 0 Å². The molecule has 0 saturated carbocycles. The lowest BCUT2D eigenvalue weighted by Crippen LogP contribution is -2.11. The van der Waals surface area contributed by atoms with Gasteiger partial charge in [0.1, 0.15) is 0 Å². The van der Waals surface area contributed by atoms with Gasteiger partial charge in [0, 0.05) is 7.05 Å². The first-order valence-corrected chi connectivity index (χ1v) is 6.21. The summed E-state index contributed by atoms with van der Waals surface area (Å²) in [6.45, 7) is 6.00. The Morgan fingerprint density at radius 1 is 1.44 bits per heavy atom. The average Bonchev–Trinajstić information content (AvgIpc) is 2.44. The Morgan fingerprint density at radius 3 is 2.50 bits per heavy atom. The summed E-state index contributed by atoms with van der Waals surface area (Å²) in [4.78, 5) is 0. The largest absolute Gasteiger partial charge is 0.393 e. The molecule has 3 nitrogen and oxygen atoms in total. The molecule has 0 aromatic carbocycles. The van der Waals surface area contributed by atoms with Gasteiger partial charge in [-0.3, -0.25) is 4.68 Å². The second-order valence-corrected chi connectivity index (χ2v) is 4.96. The van der Waals surface area contributed by atoms with Gasteiger partial charge in [0.2, 0.25) is 0 Å². The molecule has 0 aliphatic heterocycles. The van der Waals surface area contributed by atoms with Crippen LogP contribution in [0.2, 0.25) is 5.02 Å². The molecule has 92 valence electrons. The summed E-state index contributed by atoms with van der Waals surface area (Å²) in [7, 11) is 1.93. The molecule has 0 amide bonds. The Labute approximate surface area is 102 Å². The summed E-state index contributed by atoms with van der Waals surface area (Å²) in [5.74, 6) is 0.414. The number of hydrogen-bond acceptors (Lipinski definition) is 2. The molecule has 1 rings (SSSR count). The molecule has 0 aliphatic carbocycles. The Bertz CT molecular complexity index is 347. The van der Waals surface area contributed by atoms with Crippen LogP contribution in [0.25, 0.3) is 0 Å². The number of aryl methyl sites for hydroxylation is 2. The van der Waals surface area contributed by atoms with Crippen LogP contribution in [0.4, 0.5) is 0 Å². The van der Waals surface area contributed by atoms with E-state index in [1.165, 1.54) is 0 Å². The molecule has 0 bridgehead atoms. The van der Waals surface area contributed by atoms with Gasteiger partial charge in [0.25, 0.3) is 0 Å². The molecule has 1 heterocycles. The predicted octanol–water partition coefficient (Wildman–Crippen LogP) is 2.59. The van der Waals surface area contributed by atoms with E-state index < -0.39 is 0 Å². The Balaban J connectivity index is 2.76. The number of aliphatic hydroxyl groups excluding tert-OH is 1. The summed E-state index contributed by atoms with van der Waals surface area (Å²) in [6.07, 6.45) is 2.26. The van der Waals surface area contributed by atoms with Crippen LogP contribution in [0, 0.1) is 5.92 Å². The molecular weight excluding hydrogens is 224 g/mol. The van der Waals surface area contributed by atoms with E-state index >= 15 is 0 Å². The van der Waals surface area contributed by atoms with E-state index in [1.54, 1.807) is 0 Å². The quantitative estimate of drug-likeness (QED) is 0.865. The van der Waals surface area contributed by atoms with Gasteiger partial charge in [-0.1, -0.05) is 25.4 Å². The van der Waals surface area contributed by atoms with Gasteiger partial charge in [-0.25, -0.2) is 0 Å². The van der Waals surface area contributed by atoms with Gasteiger partial charge in [-0.2, -0.15) is 5.10 Å². The second-order valence-electron chi connectivity index (χ2n) is 4.58. The first-order chi connectivity index (χ1) is 7.45. The van der Waals surface area contributed by atoms with E-state index in [2.05, 4.69) is 18.9 Å². The zero-order valence-electron chi connectivity index (χ0n) is 10.5. The van der Waals surface area contributed by atoms with Crippen molar-refractivity contribution in [3.63, 3.8) is 0 Å². The molecule has 0 radical (unpaired) electrons. The van der Waals surface area contributed by atoms with Crippen molar-refractivity contribution in [3.05, 3.63) is 16.4 Å². The third-order valence-corrected chi connectivity index (χ3v) is 3.22. The van der Waals surface area contributed by atoms with Gasteiger partial charge in [0.15, 0.2) is 0 Å². The first-order valence-electron chi connectivity index (χ1n) is 5.84. The molecule has 4 heteroatoms. The Morgan fingerprint density at radius 2 is 2.06 bits per heavy atom. The van der Waals surface area contributed by atoms with Crippen molar-refractivity contribution in [2.45, 2.75) is 46.1 Å². The Kier molecular flexibility index (Phi) is 4.81. The van der Waals surface area contributed by atoms with E-state index in [-0.39, 0.29) is 6.10 Å². The van der Waals surface area contributed by atoms with Crippen LogP contribution in [0.1, 0.15) is 38.6 Å². The highest BCUT2D eigenvalue weighted by atomic mass is 35.5. The van der Waals surface area contributed by atoms with E-state index in [1.807, 2.05) is 18.7 Å². The molecule has 2 unspecified atom stereocenters. The van der Waals surface area contributed by atoms with Crippen LogP contribution in [-0.2, 0) is 19.9 Å². The molecule has 2 atom stereocenters. The van der Waals surface area contributed by atoms with Crippen LogP contribution < -0.4 is 0 Å². The molecule has 1 aromatic heterocycles. The Hall–Kier alpha value is -0.540. The molecule has 16 heavy (non-hydrogen) atoms. The number of aliphatic hydroxyl groups is 1. The van der Waals surface area contributed by atoms with Gasteiger partial charge in [-0.15, -0.1) is 0 Å². The number of halogens is 1. The first kappa shape index (κ1) is 13.5. The monoisotopic (exact) mass is 244 g/mol. The lowest BCUT2D eigenvalue weighted by molar-refractivity contribution is 0.163. The molecule has 1 aromatic rings. The maximum Gasteiger partial charge on any atom is 0.0849 e. The maximum atomic E-state index is 9.34. The van der Waals surface area contributed by atoms with Crippen LogP contribution >= 0.6 is 11.6 Å². The van der Waals surface area contributed by atoms with Crippen LogP contribution in [-0.4, -0.2) is 21.0 Å². The van der Waals surface area contributed by atoms with Crippen molar-refractivity contribution >= 4 is 11.6 Å². The van der Waals surface area contributed by atoms with E-state index in [0.717, 1.165) is 35.7 Å². The maximum absolute atomic E-state index is 9.34. The standard InChI is InChI=1S/C12H21ClN2O/c1-5-10-12(13)11(15(4)14-10)7-8(2)6-9(3)16/h8-9,16H,5-7H2,1-4H3. The van der Waals surface area contributed by atoms with E-state index in [9.17, 15) is 5.11 Å². The summed E-state index contributed by atoms with van der Waals surface area (Å²) in [5, 5.41) is 14.5. The van der Waals surface area contributed by atoms with Gasteiger partial charge in [-0.05, 0) is 32.1 Å². The van der Waals surface area contributed by atoms with Crippen molar-refractivity contribution < 1.29 is 5.11 Å². The topological polar surface area (TPSA) is 38.0 Å². The zero-order valence-corrected chi connectivity index (χ0v) is 11.3.